The molecule has 17 heavy (non-hydrogen) atoms. The molecule has 2 aromatic rings. The van der Waals surface area contributed by atoms with Gasteiger partial charge < -0.3 is 0 Å². The Morgan fingerprint density at radius 1 is 1.29 bits per heavy atom. The molecule has 0 amide bonds. The molecule has 1 aromatic heterocycles. The lowest BCUT2D eigenvalue weighted by Crippen LogP contribution is -2.11. The summed E-state index contributed by atoms with van der Waals surface area (Å²) in [7, 11) is 0. The molecule has 0 aliphatic rings. The lowest BCUT2D eigenvalue weighted by atomic mass is 10.3. The van der Waals surface area contributed by atoms with Gasteiger partial charge in [-0.25, -0.2) is 8.78 Å². The van der Waals surface area contributed by atoms with Gasteiger partial charge in [0.25, 0.3) is 5.56 Å². The Hall–Kier alpha value is -1.34. The van der Waals surface area contributed by atoms with E-state index in [0.29, 0.717) is 0 Å². The van der Waals surface area contributed by atoms with Crippen LogP contribution in [0.2, 0.25) is 0 Å². The van der Waals surface area contributed by atoms with Crippen molar-refractivity contribution in [2.75, 3.05) is 0 Å². The van der Waals surface area contributed by atoms with Crippen LogP contribution in [0.5, 0.6) is 0 Å². The standard InChI is InChI=1S/C10H5BrF2N2OS/c11-5-3-7(13)8(4-6(5)12)15-2-1-9(16)14-10(15)17/h1-4H,(H,14,16,17). The lowest BCUT2D eigenvalue weighted by molar-refractivity contribution is 0.585. The van der Waals surface area contributed by atoms with E-state index in [9.17, 15) is 13.6 Å². The SMILES string of the molecule is O=c1ccn(-c2cc(F)c(Br)cc2F)c(=S)[nH]1. The molecule has 1 heterocycles. The zero-order valence-electron chi connectivity index (χ0n) is 8.21. The predicted molar refractivity (Wildman–Crippen MR) is 64.8 cm³/mol. The van der Waals surface area contributed by atoms with E-state index in [1.165, 1.54) is 16.8 Å². The van der Waals surface area contributed by atoms with Gasteiger partial charge in [0, 0.05) is 18.3 Å². The van der Waals surface area contributed by atoms with E-state index < -0.39 is 17.2 Å². The largest absolute Gasteiger partial charge is 0.299 e. The molecule has 0 aliphatic carbocycles. The van der Waals surface area contributed by atoms with Crippen LogP contribution < -0.4 is 5.56 Å². The number of nitrogens with zero attached hydrogens (tertiary/aromatic N) is 1. The van der Waals surface area contributed by atoms with Crippen LogP contribution >= 0.6 is 28.1 Å². The van der Waals surface area contributed by atoms with Gasteiger partial charge in [-0.2, -0.15) is 0 Å². The molecule has 1 aromatic carbocycles. The summed E-state index contributed by atoms with van der Waals surface area (Å²) in [6.45, 7) is 0. The molecule has 7 heteroatoms. The number of hydrogen-bond acceptors (Lipinski definition) is 2. The Morgan fingerprint density at radius 3 is 2.65 bits per heavy atom. The predicted octanol–water partition coefficient (Wildman–Crippen LogP) is 2.94. The van der Waals surface area contributed by atoms with Gasteiger partial charge in [0.05, 0.1) is 10.2 Å². The van der Waals surface area contributed by atoms with Crippen LogP contribution in [-0.4, -0.2) is 9.55 Å². The maximum atomic E-state index is 13.6. The summed E-state index contributed by atoms with van der Waals surface area (Å²) in [5.74, 6) is -1.27. The van der Waals surface area contributed by atoms with Crippen LogP contribution in [0.1, 0.15) is 0 Å². The van der Waals surface area contributed by atoms with Crippen LogP contribution in [0.4, 0.5) is 8.78 Å². The van der Waals surface area contributed by atoms with E-state index in [2.05, 4.69) is 20.9 Å². The highest BCUT2D eigenvalue weighted by Gasteiger charge is 2.10. The van der Waals surface area contributed by atoms with Crippen LogP contribution in [0.15, 0.2) is 33.7 Å². The Morgan fingerprint density at radius 2 is 2.00 bits per heavy atom. The minimum Gasteiger partial charge on any atom is -0.299 e. The highest BCUT2D eigenvalue weighted by Crippen LogP contribution is 2.22. The monoisotopic (exact) mass is 318 g/mol. The molecule has 0 atom stereocenters. The van der Waals surface area contributed by atoms with E-state index in [0.717, 1.165) is 12.1 Å². The molecule has 0 radical (unpaired) electrons. The molecule has 0 bridgehead atoms. The highest BCUT2D eigenvalue weighted by molar-refractivity contribution is 9.10. The van der Waals surface area contributed by atoms with Crippen molar-refractivity contribution in [3.8, 4) is 5.69 Å². The van der Waals surface area contributed by atoms with E-state index in [1.807, 2.05) is 0 Å². The van der Waals surface area contributed by atoms with Crippen LogP contribution in [-0.2, 0) is 0 Å². The summed E-state index contributed by atoms with van der Waals surface area (Å²) in [6, 6.07) is 3.17. The molecule has 3 nitrogen and oxygen atoms in total. The molecule has 88 valence electrons. The zero-order valence-corrected chi connectivity index (χ0v) is 10.6. The van der Waals surface area contributed by atoms with Crippen molar-refractivity contribution in [3.63, 3.8) is 0 Å². The Balaban J connectivity index is 2.73. The fourth-order valence-corrected chi connectivity index (χ4v) is 1.88. The number of hydrogen-bond donors (Lipinski definition) is 1. The second kappa shape index (κ2) is 4.50. The Kier molecular flexibility index (Phi) is 3.21. The maximum Gasteiger partial charge on any atom is 0.251 e. The summed E-state index contributed by atoms with van der Waals surface area (Å²) in [5, 5.41) is 0. The second-order valence-electron chi connectivity index (χ2n) is 3.20. The molecule has 0 unspecified atom stereocenters. The number of rotatable bonds is 1. The van der Waals surface area contributed by atoms with Gasteiger partial charge in [-0.15, -0.1) is 0 Å². The van der Waals surface area contributed by atoms with E-state index in [-0.39, 0.29) is 14.9 Å². The van der Waals surface area contributed by atoms with Crippen LogP contribution in [0, 0.1) is 16.4 Å². The van der Waals surface area contributed by atoms with Crippen molar-refractivity contribution < 1.29 is 8.78 Å². The van der Waals surface area contributed by atoms with Gasteiger partial charge in [-0.3, -0.25) is 14.3 Å². The zero-order chi connectivity index (χ0) is 12.6. The van der Waals surface area contributed by atoms with Crippen LogP contribution in [0.3, 0.4) is 0 Å². The number of halogens is 3. The van der Waals surface area contributed by atoms with Gasteiger partial charge in [-0.1, -0.05) is 0 Å². The molecule has 0 aliphatic heterocycles. The fraction of sp³-hybridized carbons (Fsp3) is 0. The maximum absolute atomic E-state index is 13.6. The first-order valence-corrected chi connectivity index (χ1v) is 5.66. The third kappa shape index (κ3) is 2.34. The van der Waals surface area contributed by atoms with Gasteiger partial charge in [-0.05, 0) is 34.2 Å². The average molecular weight is 319 g/mol. The molecule has 0 saturated carbocycles. The van der Waals surface area contributed by atoms with Crippen molar-refractivity contribution in [2.24, 2.45) is 0 Å². The summed E-state index contributed by atoms with van der Waals surface area (Å²) in [4.78, 5) is 13.3. The van der Waals surface area contributed by atoms with E-state index in [4.69, 9.17) is 12.2 Å². The number of aromatic amines is 1. The molecule has 0 saturated heterocycles. The molecule has 1 N–H and O–H groups in total. The van der Waals surface area contributed by atoms with E-state index in [1.54, 1.807) is 0 Å². The number of nitrogens with one attached hydrogen (secondary N) is 1. The lowest BCUT2D eigenvalue weighted by Gasteiger charge is -2.08. The normalized spacial score (nSPS) is 10.5. The van der Waals surface area contributed by atoms with Crippen molar-refractivity contribution in [2.45, 2.75) is 0 Å². The fourth-order valence-electron chi connectivity index (χ4n) is 1.30. The van der Waals surface area contributed by atoms with Gasteiger partial charge in [0.15, 0.2) is 4.77 Å². The topological polar surface area (TPSA) is 37.8 Å². The summed E-state index contributed by atoms with van der Waals surface area (Å²) in [6.07, 6.45) is 1.28. The molecule has 0 spiro atoms. The Bertz CT molecular complexity index is 695. The molecule has 2 rings (SSSR count). The summed E-state index contributed by atoms with van der Waals surface area (Å²) in [5.41, 5.74) is -0.462. The smallest absolute Gasteiger partial charge is 0.251 e. The van der Waals surface area contributed by atoms with Crippen molar-refractivity contribution in [1.82, 2.24) is 9.55 Å². The first-order valence-electron chi connectivity index (χ1n) is 4.46. The van der Waals surface area contributed by atoms with E-state index >= 15 is 0 Å². The summed E-state index contributed by atoms with van der Waals surface area (Å²) < 4.78 is 28.2. The van der Waals surface area contributed by atoms with Gasteiger partial charge >= 0.3 is 0 Å². The quantitative estimate of drug-likeness (QED) is 0.648. The van der Waals surface area contributed by atoms with Crippen molar-refractivity contribution in [1.29, 1.82) is 0 Å². The first kappa shape index (κ1) is 12.1. The van der Waals surface area contributed by atoms with Crippen molar-refractivity contribution >= 4 is 28.1 Å². The number of H-pyrrole nitrogens is 1. The first-order chi connectivity index (χ1) is 7.99. The highest BCUT2D eigenvalue weighted by atomic mass is 79.9. The number of aromatic nitrogens is 2. The van der Waals surface area contributed by atoms with Crippen LogP contribution in [0.25, 0.3) is 5.69 Å². The van der Waals surface area contributed by atoms with Crippen molar-refractivity contribution in [3.05, 3.63) is 55.6 Å². The third-order valence-electron chi connectivity index (χ3n) is 2.07. The van der Waals surface area contributed by atoms with Gasteiger partial charge in [0.1, 0.15) is 11.6 Å². The molecular weight excluding hydrogens is 314 g/mol. The average Bonchev–Trinajstić information content (AvgIpc) is 2.24. The Labute approximate surface area is 108 Å². The number of benzene rings is 1. The second-order valence-corrected chi connectivity index (χ2v) is 4.44. The van der Waals surface area contributed by atoms with Gasteiger partial charge in [0.2, 0.25) is 0 Å². The minimum absolute atomic E-state index is 0.00174. The third-order valence-corrected chi connectivity index (χ3v) is 2.98. The molecule has 0 fully saturated rings. The summed E-state index contributed by atoms with van der Waals surface area (Å²) >= 11 is 7.74. The molecular formula is C10H5BrF2N2OS. The minimum atomic E-state index is -0.651.